The summed E-state index contributed by atoms with van der Waals surface area (Å²) in [4.78, 5) is 15.9. The van der Waals surface area contributed by atoms with E-state index >= 15 is 0 Å². The molecule has 146 valence electrons. The molecule has 4 heteroatoms. The molecule has 0 fully saturated rings. The highest BCUT2D eigenvalue weighted by Gasteiger charge is 2.43. The summed E-state index contributed by atoms with van der Waals surface area (Å²) in [7, 11) is -1.79. The Morgan fingerprint density at radius 2 is 1.58 bits per heavy atom. The summed E-state index contributed by atoms with van der Waals surface area (Å²) in [6.45, 7) is 16.3. The van der Waals surface area contributed by atoms with Gasteiger partial charge in [0.15, 0.2) is 0 Å². The molecule has 1 atom stereocenters. The SMILES string of the molecule is CCOC(=O)/C=C/[C@H](Cc1ccccc1)N[Si](C(C)C)(C(C)C)C(C)C. The summed E-state index contributed by atoms with van der Waals surface area (Å²) >= 11 is 0. The van der Waals surface area contributed by atoms with Gasteiger partial charge in [-0.25, -0.2) is 4.79 Å². The van der Waals surface area contributed by atoms with Crippen molar-refractivity contribution in [2.45, 2.75) is 77.6 Å². The molecule has 0 heterocycles. The Morgan fingerprint density at radius 1 is 1.04 bits per heavy atom. The zero-order valence-electron chi connectivity index (χ0n) is 17.6. The monoisotopic (exact) mass is 375 g/mol. The van der Waals surface area contributed by atoms with Crippen LogP contribution in [-0.4, -0.2) is 26.9 Å². The number of benzene rings is 1. The predicted octanol–water partition coefficient (Wildman–Crippen LogP) is 5.48. The van der Waals surface area contributed by atoms with Crippen molar-refractivity contribution < 1.29 is 9.53 Å². The molecule has 0 aliphatic carbocycles. The number of carbonyl (C=O) groups is 1. The maximum Gasteiger partial charge on any atom is 0.330 e. The standard InChI is InChI=1S/C22H37NO2Si/c1-8-25-22(24)15-14-21(16-20-12-10-9-11-13-20)23-26(17(2)3,18(4)5)19(6)7/h9-15,17-19,21,23H,8,16H2,1-7H3/b15-14+/t21-/m1/s1. The number of nitrogens with one attached hydrogen (secondary N) is 1. The van der Waals surface area contributed by atoms with Gasteiger partial charge in [0.1, 0.15) is 8.24 Å². The fourth-order valence-corrected chi connectivity index (χ4v) is 10.1. The molecule has 0 unspecified atom stereocenters. The minimum atomic E-state index is -1.79. The van der Waals surface area contributed by atoms with Gasteiger partial charge in [0.05, 0.1) is 6.61 Å². The molecule has 0 saturated heterocycles. The molecule has 26 heavy (non-hydrogen) atoms. The maximum atomic E-state index is 11.8. The van der Waals surface area contributed by atoms with Crippen LogP contribution in [0.1, 0.15) is 54.0 Å². The van der Waals surface area contributed by atoms with Crippen molar-refractivity contribution in [1.29, 1.82) is 0 Å². The van der Waals surface area contributed by atoms with E-state index in [1.165, 1.54) is 5.56 Å². The van der Waals surface area contributed by atoms with Crippen LogP contribution in [0.15, 0.2) is 42.5 Å². The molecule has 0 radical (unpaired) electrons. The quantitative estimate of drug-likeness (QED) is 0.334. The average molecular weight is 376 g/mol. The molecule has 1 rings (SSSR count). The van der Waals surface area contributed by atoms with Crippen molar-refractivity contribution in [3.63, 3.8) is 0 Å². The van der Waals surface area contributed by atoms with Crippen LogP contribution in [0.3, 0.4) is 0 Å². The van der Waals surface area contributed by atoms with Gasteiger partial charge < -0.3 is 9.72 Å². The van der Waals surface area contributed by atoms with E-state index in [0.29, 0.717) is 23.2 Å². The van der Waals surface area contributed by atoms with Gasteiger partial charge >= 0.3 is 5.97 Å². The first kappa shape index (κ1) is 22.6. The molecule has 0 aliphatic rings. The van der Waals surface area contributed by atoms with Gasteiger partial charge in [-0.1, -0.05) is 78.0 Å². The summed E-state index contributed by atoms with van der Waals surface area (Å²) < 4.78 is 5.07. The largest absolute Gasteiger partial charge is 0.463 e. The first-order valence-corrected chi connectivity index (χ1v) is 12.1. The normalized spacial score (nSPS) is 13.8. The van der Waals surface area contributed by atoms with Crippen LogP contribution in [0.5, 0.6) is 0 Å². The molecular formula is C22H37NO2Si. The molecule has 0 bridgehead atoms. The lowest BCUT2D eigenvalue weighted by Gasteiger charge is -2.45. The van der Waals surface area contributed by atoms with Crippen LogP contribution in [0, 0.1) is 0 Å². The third-order valence-electron chi connectivity index (χ3n) is 5.35. The van der Waals surface area contributed by atoms with Crippen LogP contribution in [-0.2, 0) is 16.0 Å². The molecule has 1 aromatic rings. The smallest absolute Gasteiger partial charge is 0.330 e. The van der Waals surface area contributed by atoms with E-state index in [9.17, 15) is 4.79 Å². The molecule has 0 aliphatic heterocycles. The second kappa shape index (κ2) is 10.7. The van der Waals surface area contributed by atoms with Gasteiger partial charge in [-0.3, -0.25) is 0 Å². The first-order valence-electron chi connectivity index (χ1n) is 9.90. The molecule has 3 nitrogen and oxygen atoms in total. The number of hydrogen-bond acceptors (Lipinski definition) is 3. The fraction of sp³-hybridized carbons (Fsp3) is 0.591. The summed E-state index contributed by atoms with van der Waals surface area (Å²) in [5.41, 5.74) is 3.10. The Hall–Kier alpha value is -1.39. The Balaban J connectivity index is 3.14. The Morgan fingerprint density at radius 3 is 2.04 bits per heavy atom. The van der Waals surface area contributed by atoms with Gasteiger partial charge in [0, 0.05) is 12.1 Å². The highest BCUT2D eigenvalue weighted by atomic mass is 28.3. The molecule has 1 N–H and O–H groups in total. The maximum absolute atomic E-state index is 11.8. The Kier molecular flexibility index (Phi) is 9.30. The molecule has 1 aromatic carbocycles. The lowest BCUT2D eigenvalue weighted by molar-refractivity contribution is -0.137. The van der Waals surface area contributed by atoms with Gasteiger partial charge in [-0.05, 0) is 35.5 Å². The summed E-state index contributed by atoms with van der Waals surface area (Å²) in [5.74, 6) is -0.265. The number of hydrogen-bond donors (Lipinski definition) is 1. The lowest BCUT2D eigenvalue weighted by Crippen LogP contribution is -2.61. The van der Waals surface area contributed by atoms with E-state index in [0.717, 1.165) is 6.42 Å². The third-order valence-corrected chi connectivity index (χ3v) is 12.0. The fourth-order valence-electron chi connectivity index (χ4n) is 4.24. The highest BCUT2D eigenvalue weighted by molar-refractivity contribution is 6.81. The van der Waals surface area contributed by atoms with E-state index < -0.39 is 8.24 Å². The zero-order chi connectivity index (χ0) is 19.7. The van der Waals surface area contributed by atoms with Crippen molar-refractivity contribution in [1.82, 2.24) is 4.98 Å². The van der Waals surface area contributed by atoms with Crippen molar-refractivity contribution in [3.8, 4) is 0 Å². The second-order valence-corrected chi connectivity index (χ2v) is 13.6. The van der Waals surface area contributed by atoms with Crippen molar-refractivity contribution in [3.05, 3.63) is 48.0 Å². The van der Waals surface area contributed by atoms with Crippen molar-refractivity contribution in [2.75, 3.05) is 6.61 Å². The number of esters is 1. The molecule has 0 spiro atoms. The molecule has 0 saturated carbocycles. The van der Waals surface area contributed by atoms with Crippen molar-refractivity contribution >= 4 is 14.2 Å². The summed E-state index contributed by atoms with van der Waals surface area (Å²) in [6.07, 6.45) is 4.46. The Labute approximate surface area is 161 Å². The summed E-state index contributed by atoms with van der Waals surface area (Å²) in [5, 5.41) is 0. The van der Waals surface area contributed by atoms with Crippen LogP contribution >= 0.6 is 0 Å². The minimum absolute atomic E-state index is 0.126. The third kappa shape index (κ3) is 6.10. The van der Waals surface area contributed by atoms with Gasteiger partial charge in [0.2, 0.25) is 0 Å². The van der Waals surface area contributed by atoms with Gasteiger partial charge in [-0.2, -0.15) is 0 Å². The van der Waals surface area contributed by atoms with Crippen LogP contribution in [0.4, 0.5) is 0 Å². The number of rotatable bonds is 10. The molecular weight excluding hydrogens is 338 g/mol. The number of ether oxygens (including phenoxy) is 1. The summed E-state index contributed by atoms with van der Waals surface area (Å²) in [6, 6.07) is 10.6. The lowest BCUT2D eigenvalue weighted by atomic mass is 10.1. The van der Waals surface area contributed by atoms with Crippen LogP contribution < -0.4 is 4.98 Å². The molecule has 0 amide bonds. The number of carbonyl (C=O) groups excluding carboxylic acids is 1. The van der Waals surface area contributed by atoms with Crippen LogP contribution in [0.25, 0.3) is 0 Å². The Bertz CT molecular complexity index is 545. The topological polar surface area (TPSA) is 38.3 Å². The van der Waals surface area contributed by atoms with Gasteiger partial charge in [-0.15, -0.1) is 0 Å². The average Bonchev–Trinajstić information content (AvgIpc) is 2.57. The first-order chi connectivity index (χ1) is 12.2. The second-order valence-electron chi connectivity index (χ2n) is 7.95. The zero-order valence-corrected chi connectivity index (χ0v) is 18.6. The highest BCUT2D eigenvalue weighted by Crippen LogP contribution is 2.39. The van der Waals surface area contributed by atoms with E-state index in [1.807, 2.05) is 19.1 Å². The van der Waals surface area contributed by atoms with Crippen LogP contribution in [0.2, 0.25) is 16.6 Å². The predicted molar refractivity (Wildman–Crippen MR) is 114 cm³/mol. The van der Waals surface area contributed by atoms with E-state index in [1.54, 1.807) is 6.08 Å². The van der Waals surface area contributed by atoms with E-state index in [2.05, 4.69) is 70.8 Å². The molecule has 0 aromatic heterocycles. The van der Waals surface area contributed by atoms with Crippen molar-refractivity contribution in [2.24, 2.45) is 0 Å². The minimum Gasteiger partial charge on any atom is -0.463 e. The van der Waals surface area contributed by atoms with Gasteiger partial charge in [0.25, 0.3) is 0 Å². The van der Waals surface area contributed by atoms with E-state index in [-0.39, 0.29) is 12.0 Å². The van der Waals surface area contributed by atoms with E-state index in [4.69, 9.17) is 4.74 Å².